The Kier molecular flexibility index (Phi) is 10.2. The second kappa shape index (κ2) is 8.66. The van der Waals surface area contributed by atoms with E-state index in [1.165, 1.54) is 0 Å². The highest BCUT2D eigenvalue weighted by Gasteiger charge is 2.12. The van der Waals surface area contributed by atoms with Crippen molar-refractivity contribution in [3.05, 3.63) is 0 Å². The van der Waals surface area contributed by atoms with Gasteiger partial charge in [-0.2, -0.15) is 0 Å². The van der Waals surface area contributed by atoms with Gasteiger partial charge in [-0.25, -0.2) is 0 Å². The van der Waals surface area contributed by atoms with Crippen molar-refractivity contribution in [3.8, 4) is 0 Å². The average molecular weight is 201 g/mol. The molecule has 7 nitrogen and oxygen atoms in total. The van der Waals surface area contributed by atoms with Crippen LogP contribution >= 0.6 is 8.25 Å². The minimum Gasteiger partial charge on any atom is -0.394 e. The standard InChI is InChI=1S/C4H8O4.HO3P/c5-1-3(7)4(8)2-6;1-4(2)3/h1,3-4,6-8H,2H2;(H-,1,2,3)/p+1. The van der Waals surface area contributed by atoms with E-state index in [9.17, 15) is 4.79 Å². The first-order chi connectivity index (χ1) is 5.45. The molecule has 0 bridgehead atoms. The van der Waals surface area contributed by atoms with Crippen LogP contribution in [0, 0.1) is 0 Å². The maximum atomic E-state index is 9.58. The van der Waals surface area contributed by atoms with Gasteiger partial charge in [0.2, 0.25) is 0 Å². The minimum absolute atomic E-state index is 0.168. The second-order valence-corrected chi connectivity index (χ2v) is 2.13. The van der Waals surface area contributed by atoms with Crippen molar-refractivity contribution in [1.29, 1.82) is 0 Å². The fraction of sp³-hybridized carbons (Fsp3) is 0.750. The summed E-state index contributed by atoms with van der Waals surface area (Å²) in [5.74, 6) is 0. The average Bonchev–Trinajstić information content (AvgIpc) is 2.00. The predicted octanol–water partition coefficient (Wildman–Crippen LogP) is -2.47. The number of hydrogen-bond donors (Lipinski definition) is 5. The molecule has 0 rings (SSSR count). The third-order valence-electron chi connectivity index (χ3n) is 0.721. The summed E-state index contributed by atoms with van der Waals surface area (Å²) < 4.78 is 8.70. The summed E-state index contributed by atoms with van der Waals surface area (Å²) in [5, 5.41) is 24.8. The fourth-order valence-corrected chi connectivity index (χ4v) is 0.199. The molecule has 0 radical (unpaired) electrons. The van der Waals surface area contributed by atoms with E-state index in [-0.39, 0.29) is 6.29 Å². The monoisotopic (exact) mass is 201 g/mol. The quantitative estimate of drug-likeness (QED) is 0.252. The van der Waals surface area contributed by atoms with E-state index in [4.69, 9.17) is 29.7 Å². The van der Waals surface area contributed by atoms with Crippen LogP contribution in [0.25, 0.3) is 0 Å². The van der Waals surface area contributed by atoms with Crippen molar-refractivity contribution < 1.29 is 34.5 Å². The lowest BCUT2D eigenvalue weighted by Gasteiger charge is -2.06. The van der Waals surface area contributed by atoms with E-state index in [0.29, 0.717) is 0 Å². The topological polar surface area (TPSA) is 135 Å². The molecule has 2 unspecified atom stereocenters. The van der Waals surface area contributed by atoms with Gasteiger partial charge in [-0.1, -0.05) is 0 Å². The van der Waals surface area contributed by atoms with Crippen LogP contribution in [0.4, 0.5) is 0 Å². The van der Waals surface area contributed by atoms with E-state index in [1.807, 2.05) is 0 Å². The maximum Gasteiger partial charge on any atom is 0.692 e. The van der Waals surface area contributed by atoms with Gasteiger partial charge in [0.1, 0.15) is 12.2 Å². The number of carbonyl (C=O) groups excluding carboxylic acids is 1. The molecule has 12 heavy (non-hydrogen) atoms. The van der Waals surface area contributed by atoms with Crippen LogP contribution in [0.1, 0.15) is 0 Å². The first kappa shape index (κ1) is 14.1. The molecule has 0 heterocycles. The Morgan fingerprint density at radius 2 is 1.67 bits per heavy atom. The molecule has 8 heteroatoms. The van der Waals surface area contributed by atoms with Crippen LogP contribution in [0.5, 0.6) is 0 Å². The number of carbonyl (C=O) groups is 1. The summed E-state index contributed by atoms with van der Waals surface area (Å²) in [4.78, 5) is 23.8. The number of aldehydes is 1. The van der Waals surface area contributed by atoms with Crippen LogP contribution < -0.4 is 0 Å². The lowest BCUT2D eigenvalue weighted by atomic mass is 10.2. The molecular formula is C4H10O7P+. The Morgan fingerprint density at radius 1 is 1.33 bits per heavy atom. The highest BCUT2D eigenvalue weighted by molar-refractivity contribution is 7.30. The molecule has 2 atom stereocenters. The summed E-state index contributed by atoms with van der Waals surface area (Å²) in [6.45, 7) is -0.597. The van der Waals surface area contributed by atoms with Gasteiger partial charge < -0.3 is 20.1 Å². The zero-order valence-corrected chi connectivity index (χ0v) is 6.83. The van der Waals surface area contributed by atoms with Gasteiger partial charge in [0, 0.05) is 4.57 Å². The van der Waals surface area contributed by atoms with Crippen LogP contribution in [-0.2, 0) is 9.36 Å². The lowest BCUT2D eigenvalue weighted by molar-refractivity contribution is -0.121. The number of rotatable bonds is 3. The maximum absolute atomic E-state index is 9.58. The van der Waals surface area contributed by atoms with Crippen molar-refractivity contribution in [1.82, 2.24) is 0 Å². The van der Waals surface area contributed by atoms with Crippen molar-refractivity contribution in [3.63, 3.8) is 0 Å². The minimum atomic E-state index is -2.87. The van der Waals surface area contributed by atoms with Gasteiger partial charge in [-0.15, -0.1) is 9.79 Å². The number of aliphatic hydroxyl groups is 3. The van der Waals surface area contributed by atoms with Gasteiger partial charge in [-0.3, -0.25) is 0 Å². The molecule has 0 saturated carbocycles. The molecule has 0 aliphatic rings. The molecule has 0 spiro atoms. The summed E-state index contributed by atoms with van der Waals surface area (Å²) in [7, 11) is -2.87. The Bertz CT molecular complexity index is 133. The van der Waals surface area contributed by atoms with Crippen LogP contribution in [0.2, 0.25) is 0 Å². The summed E-state index contributed by atoms with van der Waals surface area (Å²) in [5.41, 5.74) is 0. The zero-order chi connectivity index (χ0) is 10.1. The van der Waals surface area contributed by atoms with Crippen molar-refractivity contribution in [2.75, 3.05) is 6.61 Å². The fourth-order valence-electron chi connectivity index (χ4n) is 0.199. The summed E-state index contributed by atoms with van der Waals surface area (Å²) in [6.07, 6.45) is -2.63. The normalized spacial score (nSPS) is 13.8. The van der Waals surface area contributed by atoms with Crippen molar-refractivity contribution in [2.24, 2.45) is 0 Å². The van der Waals surface area contributed by atoms with Gasteiger partial charge in [0.05, 0.1) is 6.61 Å². The third-order valence-corrected chi connectivity index (χ3v) is 0.721. The number of hydrogen-bond acceptors (Lipinski definition) is 5. The molecule has 0 amide bonds. The molecular weight excluding hydrogens is 191 g/mol. The van der Waals surface area contributed by atoms with E-state index < -0.39 is 27.1 Å². The molecule has 0 aliphatic carbocycles. The third kappa shape index (κ3) is 12.3. The molecule has 0 aromatic carbocycles. The van der Waals surface area contributed by atoms with Crippen LogP contribution in [-0.4, -0.2) is 50.2 Å². The zero-order valence-electron chi connectivity index (χ0n) is 5.94. The van der Waals surface area contributed by atoms with Crippen LogP contribution in [0.3, 0.4) is 0 Å². The number of aliphatic hydroxyl groups excluding tert-OH is 3. The Morgan fingerprint density at radius 3 is 1.75 bits per heavy atom. The van der Waals surface area contributed by atoms with Gasteiger partial charge in [0.25, 0.3) is 0 Å². The van der Waals surface area contributed by atoms with Gasteiger partial charge in [0.15, 0.2) is 6.29 Å². The first-order valence-corrected chi connectivity index (χ1v) is 3.89. The van der Waals surface area contributed by atoms with Gasteiger partial charge in [-0.05, 0) is 0 Å². The van der Waals surface area contributed by atoms with Gasteiger partial charge >= 0.3 is 8.25 Å². The Balaban J connectivity index is 0. The Hall–Kier alpha value is -0.430. The van der Waals surface area contributed by atoms with E-state index >= 15 is 0 Å². The molecule has 0 aliphatic heterocycles. The Labute approximate surface area is 68.9 Å². The van der Waals surface area contributed by atoms with Crippen molar-refractivity contribution in [2.45, 2.75) is 12.2 Å². The van der Waals surface area contributed by atoms with Crippen molar-refractivity contribution >= 4 is 14.5 Å². The van der Waals surface area contributed by atoms with E-state index in [2.05, 4.69) is 0 Å². The summed E-state index contributed by atoms with van der Waals surface area (Å²) in [6, 6.07) is 0. The molecule has 5 N–H and O–H groups in total. The largest absolute Gasteiger partial charge is 0.692 e. The first-order valence-electron chi connectivity index (χ1n) is 2.73. The lowest BCUT2D eigenvalue weighted by Crippen LogP contribution is -2.30. The van der Waals surface area contributed by atoms with Crippen LogP contribution in [0.15, 0.2) is 0 Å². The highest BCUT2D eigenvalue weighted by atomic mass is 31.1. The smallest absolute Gasteiger partial charge is 0.394 e. The SMILES string of the molecule is O=CC(O)C(O)CO.O=[P+](O)O. The predicted molar refractivity (Wildman–Crippen MR) is 37.2 cm³/mol. The highest BCUT2D eigenvalue weighted by Crippen LogP contribution is 1.98. The van der Waals surface area contributed by atoms with E-state index in [1.54, 1.807) is 0 Å². The molecule has 72 valence electrons. The molecule has 0 fully saturated rings. The summed E-state index contributed by atoms with van der Waals surface area (Å²) >= 11 is 0. The molecule has 0 aromatic rings. The molecule has 0 aromatic heterocycles. The van der Waals surface area contributed by atoms with E-state index in [0.717, 1.165) is 0 Å². The molecule has 0 saturated heterocycles. The second-order valence-electron chi connectivity index (χ2n) is 1.63.